The average molecular weight is 457 g/mol. The smallest absolute Gasteiger partial charge is 0.138 e. The van der Waals surface area contributed by atoms with Gasteiger partial charge in [0, 0.05) is 0 Å². The summed E-state index contributed by atoms with van der Waals surface area (Å²) < 4.78 is 5.76. The summed E-state index contributed by atoms with van der Waals surface area (Å²) in [6.45, 7) is 4.96. The molecular formula is C31H40N2O. The molecule has 0 aromatic heterocycles. The number of hydrogen-bond acceptors (Lipinski definition) is 3. The van der Waals surface area contributed by atoms with Gasteiger partial charge in [0.1, 0.15) is 23.5 Å². The first-order valence-corrected chi connectivity index (χ1v) is 13.4. The number of nitrogens with zero attached hydrogens (tertiary/aromatic N) is 2. The zero-order chi connectivity index (χ0) is 24.2. The maximum absolute atomic E-state index is 9.73. The van der Waals surface area contributed by atoms with Crippen LogP contribution in [0, 0.1) is 28.6 Å². The fraction of sp³-hybridized carbons (Fsp3) is 0.548. The van der Waals surface area contributed by atoms with Gasteiger partial charge in [0.15, 0.2) is 0 Å². The van der Waals surface area contributed by atoms with Crippen molar-refractivity contribution < 1.29 is 4.74 Å². The molecule has 0 bridgehead atoms. The predicted molar refractivity (Wildman–Crippen MR) is 139 cm³/mol. The van der Waals surface area contributed by atoms with Gasteiger partial charge < -0.3 is 4.74 Å². The lowest BCUT2D eigenvalue weighted by molar-refractivity contribution is 0.303. The van der Waals surface area contributed by atoms with Crippen molar-refractivity contribution >= 4 is 0 Å². The van der Waals surface area contributed by atoms with E-state index >= 15 is 0 Å². The second-order valence-corrected chi connectivity index (χ2v) is 9.85. The highest BCUT2D eigenvalue weighted by atomic mass is 16.5. The minimum Gasteiger partial charge on any atom is -0.492 e. The maximum Gasteiger partial charge on any atom is 0.138 e. The largest absolute Gasteiger partial charge is 0.492 e. The fourth-order valence-corrected chi connectivity index (χ4v) is 5.22. The Hall–Kier alpha value is -2.78. The molecule has 1 saturated carbocycles. The first-order chi connectivity index (χ1) is 16.7. The molecule has 1 fully saturated rings. The molecule has 0 radical (unpaired) electrons. The molecule has 1 aliphatic carbocycles. The van der Waals surface area contributed by atoms with Crippen LogP contribution in [0.15, 0.2) is 36.4 Å². The minimum absolute atomic E-state index is 0.372. The van der Waals surface area contributed by atoms with Crippen LogP contribution in [0.2, 0.25) is 0 Å². The van der Waals surface area contributed by atoms with E-state index in [0.717, 1.165) is 37.2 Å². The molecule has 2 aromatic rings. The highest BCUT2D eigenvalue weighted by molar-refractivity contribution is 5.58. The fourth-order valence-electron chi connectivity index (χ4n) is 5.22. The zero-order valence-corrected chi connectivity index (χ0v) is 21.1. The summed E-state index contributed by atoms with van der Waals surface area (Å²) in [5, 5.41) is 19.4. The molecule has 0 aliphatic heterocycles. The van der Waals surface area contributed by atoms with Crippen LogP contribution in [0.4, 0.5) is 0 Å². The number of unbranched alkanes of at least 4 members (excludes halogenated alkanes) is 3. The molecular weight excluding hydrogens is 416 g/mol. The molecule has 34 heavy (non-hydrogen) atoms. The van der Waals surface area contributed by atoms with E-state index < -0.39 is 0 Å². The average Bonchev–Trinajstić information content (AvgIpc) is 2.88. The van der Waals surface area contributed by atoms with Gasteiger partial charge >= 0.3 is 0 Å². The van der Waals surface area contributed by atoms with Crippen molar-refractivity contribution in [1.82, 2.24) is 0 Å². The van der Waals surface area contributed by atoms with E-state index in [1.54, 1.807) is 0 Å². The number of aryl methyl sites for hydroxylation is 2. The predicted octanol–water partition coefficient (Wildman–Crippen LogP) is 8.25. The third-order valence-electron chi connectivity index (χ3n) is 7.43. The Balaban J connectivity index is 1.56. The van der Waals surface area contributed by atoms with Gasteiger partial charge in [0.2, 0.25) is 0 Å². The second-order valence-electron chi connectivity index (χ2n) is 9.85. The zero-order valence-electron chi connectivity index (χ0n) is 21.1. The summed E-state index contributed by atoms with van der Waals surface area (Å²) >= 11 is 0. The summed E-state index contributed by atoms with van der Waals surface area (Å²) in [5.41, 5.74) is 4.52. The van der Waals surface area contributed by atoms with Gasteiger partial charge in [-0.15, -0.1) is 0 Å². The van der Waals surface area contributed by atoms with Gasteiger partial charge in [-0.1, -0.05) is 76.3 Å². The lowest BCUT2D eigenvalue weighted by atomic mass is 9.77. The second kappa shape index (κ2) is 13.8. The Morgan fingerprint density at radius 3 is 2.15 bits per heavy atom. The Bertz CT molecular complexity index is 972. The molecule has 180 valence electrons. The van der Waals surface area contributed by atoms with Crippen LogP contribution in [0.25, 0.3) is 0 Å². The Morgan fingerprint density at radius 2 is 1.50 bits per heavy atom. The monoisotopic (exact) mass is 456 g/mol. The van der Waals surface area contributed by atoms with Crippen molar-refractivity contribution in [3.8, 4) is 17.9 Å². The van der Waals surface area contributed by atoms with Crippen molar-refractivity contribution in [2.24, 2.45) is 5.92 Å². The van der Waals surface area contributed by atoms with Crippen LogP contribution in [-0.2, 0) is 12.8 Å². The molecule has 0 atom stereocenters. The van der Waals surface area contributed by atoms with Gasteiger partial charge in [-0.05, 0) is 79.5 Å². The number of nitriles is 2. The van der Waals surface area contributed by atoms with E-state index in [4.69, 9.17) is 4.74 Å². The minimum atomic E-state index is 0.372. The van der Waals surface area contributed by atoms with Crippen LogP contribution in [-0.4, -0.2) is 6.61 Å². The summed E-state index contributed by atoms with van der Waals surface area (Å²) in [7, 11) is 0. The Kier molecular flexibility index (Phi) is 10.5. The van der Waals surface area contributed by atoms with Crippen LogP contribution < -0.4 is 4.74 Å². The standard InChI is InChI=1S/C31H40N2O/c1-3-5-7-8-24-9-14-26(15-10-24)27-16-11-25(12-17-27)13-18-28-19-20-31(34-21-6-4-2)30(23-33)29(28)22-32/h11-12,16-17,19-20,24,26H,3-10,13-15,18,21H2,1-2H3. The van der Waals surface area contributed by atoms with Crippen molar-refractivity contribution in [1.29, 1.82) is 10.5 Å². The van der Waals surface area contributed by atoms with Gasteiger partial charge in [0.25, 0.3) is 0 Å². The molecule has 0 saturated heterocycles. The molecule has 3 rings (SSSR count). The van der Waals surface area contributed by atoms with Crippen molar-refractivity contribution in [2.75, 3.05) is 6.61 Å². The topological polar surface area (TPSA) is 56.8 Å². The lowest BCUT2D eigenvalue weighted by Crippen LogP contribution is -2.13. The first-order valence-electron chi connectivity index (χ1n) is 13.4. The summed E-state index contributed by atoms with van der Waals surface area (Å²) in [5.74, 6) is 2.18. The van der Waals surface area contributed by atoms with Crippen LogP contribution in [0.1, 0.15) is 112 Å². The van der Waals surface area contributed by atoms with Crippen LogP contribution in [0.3, 0.4) is 0 Å². The van der Waals surface area contributed by atoms with Crippen molar-refractivity contribution in [3.63, 3.8) is 0 Å². The van der Waals surface area contributed by atoms with E-state index in [1.807, 2.05) is 12.1 Å². The van der Waals surface area contributed by atoms with Gasteiger partial charge in [-0.3, -0.25) is 0 Å². The van der Waals surface area contributed by atoms with E-state index in [9.17, 15) is 10.5 Å². The van der Waals surface area contributed by atoms with E-state index in [2.05, 4.69) is 50.3 Å². The number of hydrogen-bond donors (Lipinski definition) is 0. The molecule has 2 aromatic carbocycles. The quantitative estimate of drug-likeness (QED) is 0.302. The SMILES string of the molecule is CCCCCC1CCC(c2ccc(CCc3ccc(OCCCC)c(C#N)c3C#N)cc2)CC1. The highest BCUT2D eigenvalue weighted by Gasteiger charge is 2.22. The Labute approximate surface area is 206 Å². The Morgan fingerprint density at radius 1 is 0.794 bits per heavy atom. The summed E-state index contributed by atoms with van der Waals surface area (Å²) in [4.78, 5) is 0. The van der Waals surface area contributed by atoms with Gasteiger partial charge in [0.05, 0.1) is 12.2 Å². The molecule has 3 nitrogen and oxygen atoms in total. The molecule has 0 N–H and O–H groups in total. The highest BCUT2D eigenvalue weighted by Crippen LogP contribution is 2.38. The third-order valence-corrected chi connectivity index (χ3v) is 7.43. The molecule has 0 amide bonds. The van der Waals surface area contributed by atoms with Gasteiger partial charge in [-0.25, -0.2) is 0 Å². The molecule has 3 heteroatoms. The number of rotatable bonds is 12. The normalized spacial score (nSPS) is 17.6. The summed E-state index contributed by atoms with van der Waals surface area (Å²) in [6, 6.07) is 17.4. The maximum atomic E-state index is 9.73. The molecule has 0 spiro atoms. The molecule has 1 aliphatic rings. The third kappa shape index (κ3) is 7.11. The van der Waals surface area contributed by atoms with E-state index in [-0.39, 0.29) is 0 Å². The van der Waals surface area contributed by atoms with Crippen LogP contribution >= 0.6 is 0 Å². The first kappa shape index (κ1) is 25.8. The van der Waals surface area contributed by atoms with E-state index in [0.29, 0.717) is 29.4 Å². The number of benzene rings is 2. The molecule has 0 unspecified atom stereocenters. The van der Waals surface area contributed by atoms with Gasteiger partial charge in [-0.2, -0.15) is 10.5 Å². The van der Waals surface area contributed by atoms with E-state index in [1.165, 1.54) is 62.5 Å². The van der Waals surface area contributed by atoms with Crippen molar-refractivity contribution in [3.05, 3.63) is 64.2 Å². The molecule has 0 heterocycles. The van der Waals surface area contributed by atoms with Crippen LogP contribution in [0.5, 0.6) is 5.75 Å². The lowest BCUT2D eigenvalue weighted by Gasteiger charge is -2.29. The number of ether oxygens (including phenoxy) is 1. The van der Waals surface area contributed by atoms with Crippen molar-refractivity contribution in [2.45, 2.75) is 96.8 Å². The summed E-state index contributed by atoms with van der Waals surface area (Å²) in [6.07, 6.45) is 14.5.